The van der Waals surface area contributed by atoms with Gasteiger partial charge in [0.25, 0.3) is 0 Å². The van der Waals surface area contributed by atoms with Crippen LogP contribution in [0.1, 0.15) is 33.5 Å². The number of aryl methyl sites for hydroxylation is 1. The summed E-state index contributed by atoms with van der Waals surface area (Å²) in [5.41, 5.74) is 3.79. The Balaban J connectivity index is 1.03. The molecular weight excluding hydrogens is 539 g/mol. The zero-order valence-electron chi connectivity index (χ0n) is 23.4. The van der Waals surface area contributed by atoms with Crippen LogP contribution in [0, 0.1) is 12.8 Å². The van der Waals surface area contributed by atoms with E-state index in [1.54, 1.807) is 36.4 Å². The van der Waals surface area contributed by atoms with Gasteiger partial charge in [0.15, 0.2) is 6.29 Å². The summed E-state index contributed by atoms with van der Waals surface area (Å²) in [6, 6.07) is 22.0. The van der Waals surface area contributed by atoms with Crippen LogP contribution in [0.4, 0.5) is 4.79 Å². The van der Waals surface area contributed by atoms with Gasteiger partial charge in [0.05, 0.1) is 18.8 Å². The molecule has 0 radical (unpaired) electrons. The van der Waals surface area contributed by atoms with Crippen molar-refractivity contribution in [1.82, 2.24) is 0 Å². The van der Waals surface area contributed by atoms with Crippen LogP contribution in [0.5, 0.6) is 5.75 Å². The van der Waals surface area contributed by atoms with E-state index >= 15 is 0 Å². The highest BCUT2D eigenvalue weighted by molar-refractivity contribution is 6.61. The summed E-state index contributed by atoms with van der Waals surface area (Å²) in [5, 5.41) is 0. The molecule has 0 unspecified atom stereocenters. The van der Waals surface area contributed by atoms with Gasteiger partial charge in [-0.3, -0.25) is 0 Å². The van der Waals surface area contributed by atoms with Crippen LogP contribution in [0.3, 0.4) is 0 Å². The molecule has 42 heavy (non-hydrogen) atoms. The summed E-state index contributed by atoms with van der Waals surface area (Å²) < 4.78 is 39.0. The molecule has 3 aromatic rings. The minimum atomic E-state index is -0.753. The van der Waals surface area contributed by atoms with Gasteiger partial charge >= 0.3 is 19.2 Å². The van der Waals surface area contributed by atoms with Crippen molar-refractivity contribution in [3.63, 3.8) is 0 Å². The summed E-state index contributed by atoms with van der Waals surface area (Å²) in [6.45, 7) is 4.14. The minimum Gasteiger partial charge on any atom is -0.434 e. The Hall–Kier alpha value is -3.96. The van der Waals surface area contributed by atoms with E-state index in [4.69, 9.17) is 33.0 Å². The average molecular weight is 572 g/mol. The van der Waals surface area contributed by atoms with Gasteiger partial charge < -0.3 is 33.0 Å². The first-order valence-corrected chi connectivity index (χ1v) is 13.9. The first-order valence-electron chi connectivity index (χ1n) is 13.9. The highest BCUT2D eigenvalue weighted by Crippen LogP contribution is 2.26. The number of benzene rings is 3. The van der Waals surface area contributed by atoms with E-state index < -0.39 is 18.4 Å². The molecule has 0 spiro atoms. The van der Waals surface area contributed by atoms with Gasteiger partial charge in [0, 0.05) is 24.7 Å². The number of esters is 1. The number of rotatable bonds is 9. The zero-order chi connectivity index (χ0) is 29.1. The monoisotopic (exact) mass is 572 g/mol. The molecule has 0 amide bonds. The van der Waals surface area contributed by atoms with Crippen molar-refractivity contribution in [1.29, 1.82) is 0 Å². The average Bonchev–Trinajstić information content (AvgIpc) is 3.04. The van der Waals surface area contributed by atoms with Gasteiger partial charge in [0.2, 0.25) is 0 Å². The van der Waals surface area contributed by atoms with Crippen molar-refractivity contribution in [2.75, 3.05) is 33.0 Å². The van der Waals surface area contributed by atoms with Gasteiger partial charge in [-0.15, -0.1) is 0 Å². The molecule has 2 fully saturated rings. The van der Waals surface area contributed by atoms with E-state index in [-0.39, 0.29) is 26.3 Å². The minimum absolute atomic E-state index is 0.0949. The number of para-hydroxylation sites is 1. The lowest BCUT2D eigenvalue weighted by Gasteiger charge is -2.27. The van der Waals surface area contributed by atoms with Gasteiger partial charge in [-0.05, 0) is 48.1 Å². The Morgan fingerprint density at radius 2 is 1.64 bits per heavy atom. The number of carbonyl (C=O) groups is 2. The van der Waals surface area contributed by atoms with Crippen molar-refractivity contribution in [2.24, 2.45) is 5.92 Å². The van der Waals surface area contributed by atoms with Gasteiger partial charge in [0.1, 0.15) is 19.0 Å². The maximum atomic E-state index is 12.6. The van der Waals surface area contributed by atoms with Crippen LogP contribution in [-0.4, -0.2) is 58.6 Å². The summed E-state index contributed by atoms with van der Waals surface area (Å²) in [5.74, 6) is -0.0754. The molecule has 5 rings (SSSR count). The zero-order valence-corrected chi connectivity index (χ0v) is 23.4. The first-order chi connectivity index (χ1) is 20.5. The second-order valence-electron chi connectivity index (χ2n) is 10.0. The number of hydrogen-bond acceptors (Lipinski definition) is 9. The Labute approximate surface area is 245 Å². The quantitative estimate of drug-likeness (QED) is 0.205. The van der Waals surface area contributed by atoms with Crippen LogP contribution in [0.25, 0.3) is 6.08 Å². The van der Waals surface area contributed by atoms with Crippen LogP contribution < -0.4 is 10.2 Å². The SMILES string of the molecule is Cc1cccc(/C=C/C2OCC(COC(=O)OCc3ccc(B4OCCCO4)cc3)CO2)c1OC(=O)c1ccccc1. The van der Waals surface area contributed by atoms with E-state index in [2.05, 4.69) is 0 Å². The number of hydrogen-bond donors (Lipinski definition) is 0. The maximum Gasteiger partial charge on any atom is 0.508 e. The van der Waals surface area contributed by atoms with Crippen LogP contribution in [0.2, 0.25) is 0 Å². The summed E-state index contributed by atoms with van der Waals surface area (Å²) in [6.07, 6.45) is 3.13. The molecule has 0 atom stereocenters. The predicted octanol–water partition coefficient (Wildman–Crippen LogP) is 4.70. The summed E-state index contributed by atoms with van der Waals surface area (Å²) >= 11 is 0. The normalized spacial score (nSPS) is 18.9. The maximum absolute atomic E-state index is 12.6. The third-order valence-corrected chi connectivity index (χ3v) is 6.74. The standard InChI is InChI=1S/C32H33BO9/c1-23-7-5-10-26(30(23)42-31(34)27-8-3-2-4-9-27)13-16-29-36-20-25(21-37-29)22-39-32(35)38-19-24-11-14-28(15-12-24)33-40-17-6-18-41-33/h2-5,7-16,25,29H,6,17-22H2,1H3/b16-13+. The lowest BCUT2D eigenvalue weighted by molar-refractivity contribution is -0.180. The largest absolute Gasteiger partial charge is 0.508 e. The van der Waals surface area contributed by atoms with E-state index in [9.17, 15) is 9.59 Å². The first kappa shape index (κ1) is 29.5. The Bertz CT molecular complexity index is 1350. The molecule has 9 nitrogen and oxygen atoms in total. The van der Waals surface area contributed by atoms with E-state index in [0.717, 1.165) is 28.6 Å². The predicted molar refractivity (Wildman–Crippen MR) is 155 cm³/mol. The van der Waals surface area contributed by atoms with Crippen LogP contribution in [0.15, 0.2) is 78.9 Å². The third-order valence-electron chi connectivity index (χ3n) is 6.74. The lowest BCUT2D eigenvalue weighted by atomic mass is 9.78. The second-order valence-corrected chi connectivity index (χ2v) is 10.0. The van der Waals surface area contributed by atoms with Crippen molar-refractivity contribution < 1.29 is 42.6 Å². The molecule has 218 valence electrons. The van der Waals surface area contributed by atoms with Gasteiger partial charge in [-0.25, -0.2) is 9.59 Å². The fourth-order valence-electron chi connectivity index (χ4n) is 4.44. The third kappa shape index (κ3) is 8.30. The van der Waals surface area contributed by atoms with Crippen molar-refractivity contribution >= 4 is 30.8 Å². The summed E-state index contributed by atoms with van der Waals surface area (Å²) in [7, 11) is -0.349. The Morgan fingerprint density at radius 3 is 2.38 bits per heavy atom. The fourth-order valence-corrected chi connectivity index (χ4v) is 4.44. The molecule has 0 aromatic heterocycles. The Morgan fingerprint density at radius 1 is 0.905 bits per heavy atom. The highest BCUT2D eigenvalue weighted by Gasteiger charge is 2.25. The van der Waals surface area contributed by atoms with Crippen LogP contribution >= 0.6 is 0 Å². The molecule has 3 aromatic carbocycles. The lowest BCUT2D eigenvalue weighted by Crippen LogP contribution is -2.40. The van der Waals surface area contributed by atoms with Crippen molar-refractivity contribution in [3.05, 3.63) is 101 Å². The van der Waals surface area contributed by atoms with E-state index in [1.165, 1.54) is 0 Å². The summed E-state index contributed by atoms with van der Waals surface area (Å²) in [4.78, 5) is 24.7. The van der Waals surface area contributed by atoms with E-state index in [0.29, 0.717) is 37.7 Å². The molecule has 2 heterocycles. The van der Waals surface area contributed by atoms with Gasteiger partial charge in [-0.2, -0.15) is 0 Å². The Kier molecular flexibility index (Phi) is 10.4. The highest BCUT2D eigenvalue weighted by atomic mass is 16.7. The van der Waals surface area contributed by atoms with Crippen LogP contribution in [-0.2, 0) is 34.9 Å². The molecule has 10 heteroatoms. The smallest absolute Gasteiger partial charge is 0.434 e. The molecule has 0 aliphatic carbocycles. The molecule has 2 aliphatic heterocycles. The van der Waals surface area contributed by atoms with Crippen molar-refractivity contribution in [3.8, 4) is 5.75 Å². The van der Waals surface area contributed by atoms with E-state index in [1.807, 2.05) is 55.5 Å². The molecule has 0 bridgehead atoms. The fraction of sp³-hybridized carbons (Fsp3) is 0.312. The van der Waals surface area contributed by atoms with Gasteiger partial charge in [-0.1, -0.05) is 66.7 Å². The van der Waals surface area contributed by atoms with Crippen molar-refractivity contribution in [2.45, 2.75) is 26.2 Å². The molecule has 0 N–H and O–H groups in total. The number of ether oxygens (including phenoxy) is 5. The molecule has 0 saturated carbocycles. The molecular formula is C32H33BO9. The second kappa shape index (κ2) is 14.8. The topological polar surface area (TPSA) is 98.8 Å². The molecule has 2 aliphatic rings. The number of carbonyl (C=O) groups excluding carboxylic acids is 2. The molecule has 2 saturated heterocycles.